The number of nitro groups is 1. The molecule has 160 valence electrons. The highest BCUT2D eigenvalue weighted by Crippen LogP contribution is 2.37. The van der Waals surface area contributed by atoms with Gasteiger partial charge in [-0.3, -0.25) is 10.1 Å². The first kappa shape index (κ1) is 20.3. The average Bonchev–Trinajstić information content (AvgIpc) is 2.79. The van der Waals surface area contributed by atoms with Crippen molar-refractivity contribution in [3.63, 3.8) is 0 Å². The minimum atomic E-state index is -0.538. The van der Waals surface area contributed by atoms with Crippen LogP contribution in [0.2, 0.25) is 0 Å². The highest BCUT2D eigenvalue weighted by molar-refractivity contribution is 5.83. The number of hydrogen-bond donors (Lipinski definition) is 0. The topological polar surface area (TPSA) is 111 Å². The second-order valence-electron chi connectivity index (χ2n) is 6.89. The van der Waals surface area contributed by atoms with E-state index in [0.717, 1.165) is 10.8 Å². The number of carbonyl (C=O) groups excluding carboxylic acids is 1. The molecule has 0 atom stereocenters. The number of benzene rings is 2. The van der Waals surface area contributed by atoms with Crippen LogP contribution in [0.15, 0.2) is 48.8 Å². The summed E-state index contributed by atoms with van der Waals surface area (Å²) in [5.41, 5.74) is -0.305. The summed E-state index contributed by atoms with van der Waals surface area (Å²) in [6.07, 6.45) is 0.857. The molecule has 1 saturated heterocycles. The van der Waals surface area contributed by atoms with Crippen molar-refractivity contribution in [1.82, 2.24) is 14.9 Å². The van der Waals surface area contributed by atoms with E-state index in [1.165, 1.54) is 6.33 Å². The van der Waals surface area contributed by atoms with Gasteiger partial charge < -0.3 is 19.3 Å². The number of hydrogen-bond acceptors (Lipinski definition) is 8. The van der Waals surface area contributed by atoms with E-state index in [0.29, 0.717) is 38.5 Å². The number of anilines is 1. The molecule has 10 nitrogen and oxygen atoms in total. The Labute approximate surface area is 178 Å². The minimum absolute atomic E-state index is 0.127. The first-order valence-electron chi connectivity index (χ1n) is 9.89. The molecule has 3 aromatic rings. The van der Waals surface area contributed by atoms with Gasteiger partial charge in [-0.1, -0.05) is 30.3 Å². The molecule has 0 bridgehead atoms. The lowest BCUT2D eigenvalue weighted by Gasteiger charge is -2.34. The number of aromatic nitrogens is 2. The normalized spacial score (nSPS) is 13.8. The molecule has 4 rings (SSSR count). The van der Waals surface area contributed by atoms with Gasteiger partial charge in [-0.05, 0) is 29.8 Å². The quantitative estimate of drug-likeness (QED) is 0.452. The van der Waals surface area contributed by atoms with Crippen molar-refractivity contribution in [2.45, 2.75) is 6.92 Å². The molecule has 0 N–H and O–H groups in total. The van der Waals surface area contributed by atoms with E-state index in [1.54, 1.807) is 28.9 Å². The number of nitrogens with zero attached hydrogens (tertiary/aromatic N) is 5. The van der Waals surface area contributed by atoms with Crippen LogP contribution in [0.1, 0.15) is 6.92 Å². The second-order valence-corrected chi connectivity index (χ2v) is 6.89. The fourth-order valence-electron chi connectivity index (χ4n) is 3.48. The van der Waals surface area contributed by atoms with Crippen LogP contribution in [0.25, 0.3) is 10.8 Å². The summed E-state index contributed by atoms with van der Waals surface area (Å²) in [5, 5.41) is 13.9. The van der Waals surface area contributed by atoms with Crippen LogP contribution in [0.5, 0.6) is 11.6 Å². The summed E-state index contributed by atoms with van der Waals surface area (Å²) in [4.78, 5) is 34.7. The van der Waals surface area contributed by atoms with Gasteiger partial charge in [0.2, 0.25) is 5.82 Å². The highest BCUT2D eigenvalue weighted by Gasteiger charge is 2.31. The van der Waals surface area contributed by atoms with Crippen LogP contribution in [-0.2, 0) is 4.74 Å². The third-order valence-electron chi connectivity index (χ3n) is 4.99. The van der Waals surface area contributed by atoms with Gasteiger partial charge in [0.25, 0.3) is 0 Å². The summed E-state index contributed by atoms with van der Waals surface area (Å²) < 4.78 is 10.8. The molecule has 1 aliphatic heterocycles. The predicted octanol–water partition coefficient (Wildman–Crippen LogP) is 3.61. The van der Waals surface area contributed by atoms with E-state index in [-0.39, 0.29) is 23.5 Å². The van der Waals surface area contributed by atoms with E-state index in [4.69, 9.17) is 9.47 Å². The number of ether oxygens (including phenoxy) is 2. The van der Waals surface area contributed by atoms with Crippen LogP contribution in [0, 0.1) is 10.1 Å². The summed E-state index contributed by atoms with van der Waals surface area (Å²) in [5.74, 6) is 0.482. The van der Waals surface area contributed by atoms with Crippen molar-refractivity contribution >= 4 is 28.4 Å². The van der Waals surface area contributed by atoms with E-state index in [1.807, 2.05) is 30.3 Å². The van der Waals surface area contributed by atoms with Crippen LogP contribution < -0.4 is 9.64 Å². The van der Waals surface area contributed by atoms with Crippen molar-refractivity contribution in [3.05, 3.63) is 58.9 Å². The van der Waals surface area contributed by atoms with Crippen molar-refractivity contribution in [2.75, 3.05) is 37.7 Å². The first-order chi connectivity index (χ1) is 15.1. The van der Waals surface area contributed by atoms with Crippen molar-refractivity contribution in [3.8, 4) is 11.6 Å². The van der Waals surface area contributed by atoms with Gasteiger partial charge in [-0.15, -0.1) is 0 Å². The number of carbonyl (C=O) groups is 1. The standard InChI is InChI=1S/C21H21N5O5/c1-2-30-21(27)25-11-9-24(10-12-25)19-18(26(28)29)20(23-14-22-19)31-17-8-7-15-5-3-4-6-16(15)13-17/h3-8,13-14H,2,9-12H2,1H3. The van der Waals surface area contributed by atoms with Gasteiger partial charge in [-0.2, -0.15) is 4.98 Å². The molecule has 10 heteroatoms. The zero-order valence-electron chi connectivity index (χ0n) is 16.9. The summed E-state index contributed by atoms with van der Waals surface area (Å²) in [6.45, 7) is 3.56. The maximum atomic E-state index is 11.9. The lowest BCUT2D eigenvalue weighted by Crippen LogP contribution is -2.49. The van der Waals surface area contributed by atoms with Gasteiger partial charge in [0.15, 0.2) is 0 Å². The lowest BCUT2D eigenvalue weighted by molar-refractivity contribution is -0.385. The minimum Gasteiger partial charge on any atom is -0.450 e. The third kappa shape index (κ3) is 4.32. The fraction of sp³-hybridized carbons (Fsp3) is 0.286. The molecule has 1 aliphatic rings. The molecule has 0 spiro atoms. The monoisotopic (exact) mass is 423 g/mol. The molecule has 0 radical (unpaired) electrons. The Morgan fingerprint density at radius 1 is 1.10 bits per heavy atom. The zero-order valence-corrected chi connectivity index (χ0v) is 16.9. The summed E-state index contributed by atoms with van der Waals surface area (Å²) in [7, 11) is 0. The predicted molar refractivity (Wildman–Crippen MR) is 114 cm³/mol. The Balaban J connectivity index is 1.58. The maximum absolute atomic E-state index is 11.9. The molecular weight excluding hydrogens is 402 g/mol. The molecule has 1 aromatic heterocycles. The SMILES string of the molecule is CCOC(=O)N1CCN(c2ncnc(Oc3ccc4ccccc4c3)c2[N+](=O)[O-])CC1. The van der Waals surface area contributed by atoms with Gasteiger partial charge in [0, 0.05) is 26.2 Å². The molecule has 31 heavy (non-hydrogen) atoms. The van der Waals surface area contributed by atoms with Crippen LogP contribution in [0.4, 0.5) is 16.3 Å². The first-order valence-corrected chi connectivity index (χ1v) is 9.89. The molecule has 2 heterocycles. The number of piperazine rings is 1. The zero-order chi connectivity index (χ0) is 21.8. The Morgan fingerprint density at radius 2 is 1.84 bits per heavy atom. The fourth-order valence-corrected chi connectivity index (χ4v) is 3.48. The molecule has 0 saturated carbocycles. The smallest absolute Gasteiger partial charge is 0.409 e. The number of rotatable bonds is 5. The lowest BCUT2D eigenvalue weighted by atomic mass is 10.1. The van der Waals surface area contributed by atoms with Gasteiger partial charge in [0.05, 0.1) is 11.5 Å². The van der Waals surface area contributed by atoms with Crippen LogP contribution in [-0.4, -0.2) is 58.7 Å². The van der Waals surface area contributed by atoms with Crippen LogP contribution in [0.3, 0.4) is 0 Å². The van der Waals surface area contributed by atoms with E-state index >= 15 is 0 Å². The Bertz CT molecular complexity index is 1110. The number of fused-ring (bicyclic) bond motifs is 1. The van der Waals surface area contributed by atoms with E-state index in [2.05, 4.69) is 9.97 Å². The molecule has 0 unspecified atom stereocenters. The second kappa shape index (κ2) is 8.82. The third-order valence-corrected chi connectivity index (χ3v) is 4.99. The van der Waals surface area contributed by atoms with Crippen molar-refractivity contribution < 1.29 is 19.2 Å². The molecular formula is C21H21N5O5. The largest absolute Gasteiger partial charge is 0.450 e. The summed E-state index contributed by atoms with van der Waals surface area (Å²) in [6, 6.07) is 13.2. The summed E-state index contributed by atoms with van der Waals surface area (Å²) >= 11 is 0. The Morgan fingerprint density at radius 3 is 2.55 bits per heavy atom. The van der Waals surface area contributed by atoms with Crippen molar-refractivity contribution in [1.29, 1.82) is 0 Å². The van der Waals surface area contributed by atoms with Gasteiger partial charge in [-0.25, -0.2) is 9.78 Å². The van der Waals surface area contributed by atoms with Crippen LogP contribution >= 0.6 is 0 Å². The van der Waals surface area contributed by atoms with Crippen molar-refractivity contribution in [2.24, 2.45) is 0 Å². The average molecular weight is 423 g/mol. The number of amides is 1. The molecule has 1 amide bonds. The Hall–Kier alpha value is -3.95. The maximum Gasteiger partial charge on any atom is 0.409 e. The molecule has 2 aromatic carbocycles. The Kier molecular flexibility index (Phi) is 5.78. The molecule has 1 fully saturated rings. The van der Waals surface area contributed by atoms with Gasteiger partial charge >= 0.3 is 17.7 Å². The molecule has 0 aliphatic carbocycles. The van der Waals surface area contributed by atoms with Gasteiger partial charge in [0.1, 0.15) is 12.1 Å². The van der Waals surface area contributed by atoms with E-state index < -0.39 is 4.92 Å². The highest BCUT2D eigenvalue weighted by atomic mass is 16.6. The van der Waals surface area contributed by atoms with E-state index in [9.17, 15) is 14.9 Å².